The van der Waals surface area contributed by atoms with Crippen LogP contribution in [0.4, 0.5) is 0 Å². The molecule has 0 N–H and O–H groups in total. The molecule has 21 heavy (non-hydrogen) atoms. The number of ether oxygens (including phenoxy) is 2. The highest BCUT2D eigenvalue weighted by atomic mass is 127. The zero-order valence-electron chi connectivity index (χ0n) is 12.2. The van der Waals surface area contributed by atoms with E-state index in [2.05, 4.69) is 29.5 Å². The molecule has 0 spiro atoms. The number of benzene rings is 1. The van der Waals surface area contributed by atoms with E-state index in [1.807, 2.05) is 6.07 Å². The van der Waals surface area contributed by atoms with Crippen molar-refractivity contribution in [3.8, 4) is 11.5 Å². The van der Waals surface area contributed by atoms with E-state index in [-0.39, 0.29) is 11.5 Å². The monoisotopic (exact) mass is 396 g/mol. The van der Waals surface area contributed by atoms with Gasteiger partial charge in [0.15, 0.2) is 11.5 Å². The number of hydrogen-bond acceptors (Lipinski definition) is 3. The summed E-state index contributed by atoms with van der Waals surface area (Å²) in [5.41, 5.74) is 3.03. The Kier molecular flexibility index (Phi) is 4.21. The predicted molar refractivity (Wildman–Crippen MR) is 91.3 cm³/mol. The fourth-order valence-electron chi connectivity index (χ4n) is 3.76. The van der Waals surface area contributed by atoms with Gasteiger partial charge in [0.25, 0.3) is 0 Å². The van der Waals surface area contributed by atoms with Crippen molar-refractivity contribution < 1.29 is 14.3 Å². The Hall–Kier alpha value is -0.715. The third-order valence-corrected chi connectivity index (χ3v) is 5.13. The molecular weight excluding hydrogens is 378 g/mol. The number of alkyl halides is 1. The van der Waals surface area contributed by atoms with Crippen LogP contribution in [-0.2, 0) is 16.6 Å². The molecule has 2 aliphatic rings. The van der Waals surface area contributed by atoms with E-state index >= 15 is 0 Å². The van der Waals surface area contributed by atoms with Crippen LogP contribution in [0.25, 0.3) is 0 Å². The number of aldehydes is 1. The molecule has 1 aliphatic carbocycles. The van der Waals surface area contributed by atoms with E-state index in [0.717, 1.165) is 43.2 Å². The average Bonchev–Trinajstić information content (AvgIpc) is 2.62. The van der Waals surface area contributed by atoms with Crippen molar-refractivity contribution in [2.24, 2.45) is 0 Å². The van der Waals surface area contributed by atoms with Crippen LogP contribution in [0, 0.1) is 0 Å². The summed E-state index contributed by atoms with van der Waals surface area (Å²) in [5.74, 6) is 1.52. The van der Waals surface area contributed by atoms with E-state index in [4.69, 9.17) is 17.3 Å². The van der Waals surface area contributed by atoms with Gasteiger partial charge in [-0.05, 0) is 53.5 Å². The maximum atomic E-state index is 11.0. The minimum Gasteiger partial charge on any atom is -0.485 e. The van der Waals surface area contributed by atoms with Gasteiger partial charge in [-0.15, -0.1) is 0 Å². The second-order valence-corrected chi connectivity index (χ2v) is 6.66. The maximum absolute atomic E-state index is 11.0. The van der Waals surface area contributed by atoms with E-state index in [1.165, 1.54) is 11.1 Å². The van der Waals surface area contributed by atoms with Gasteiger partial charge in [-0.25, -0.2) is 0 Å². The molecular formula is C16H18BIO3. The Morgan fingerprint density at radius 2 is 2.38 bits per heavy atom. The minimum absolute atomic E-state index is 0.111. The van der Waals surface area contributed by atoms with Crippen molar-refractivity contribution in [1.82, 2.24) is 0 Å². The fraction of sp³-hybridized carbons (Fsp3) is 0.562. The summed E-state index contributed by atoms with van der Waals surface area (Å²) in [6, 6.07) is 1.88. The van der Waals surface area contributed by atoms with Crippen LogP contribution in [0.5, 0.6) is 11.5 Å². The molecule has 1 aromatic rings. The molecule has 2 radical (unpaired) electrons. The van der Waals surface area contributed by atoms with Crippen LogP contribution in [0.15, 0.2) is 6.07 Å². The number of halogens is 1. The van der Waals surface area contributed by atoms with Gasteiger partial charge >= 0.3 is 0 Å². The lowest BCUT2D eigenvalue weighted by Gasteiger charge is -2.29. The van der Waals surface area contributed by atoms with Gasteiger partial charge in [0.2, 0.25) is 0 Å². The van der Waals surface area contributed by atoms with Crippen LogP contribution >= 0.6 is 22.6 Å². The van der Waals surface area contributed by atoms with Crippen molar-refractivity contribution in [3.05, 3.63) is 17.2 Å². The number of hydrogen-bond donors (Lipinski definition) is 0. The number of carbonyl (C=O) groups is 1. The van der Waals surface area contributed by atoms with Gasteiger partial charge in [-0.1, -0.05) is 18.8 Å². The van der Waals surface area contributed by atoms with Crippen molar-refractivity contribution >= 4 is 42.2 Å². The first kappa shape index (κ1) is 15.2. The Balaban J connectivity index is 2.20. The maximum Gasteiger partial charge on any atom is 0.165 e. The predicted octanol–water partition coefficient (Wildman–Crippen LogP) is 2.59. The van der Waals surface area contributed by atoms with Crippen molar-refractivity contribution in [2.75, 3.05) is 4.61 Å². The Morgan fingerprint density at radius 1 is 1.57 bits per heavy atom. The van der Waals surface area contributed by atoms with Gasteiger partial charge < -0.3 is 14.3 Å². The zero-order chi connectivity index (χ0) is 15.0. The molecule has 1 unspecified atom stereocenters. The molecule has 0 fully saturated rings. The molecule has 1 heterocycles. The SMILES string of the molecule is [B]c1cc(OCI)c2c3c1CCCC[C@@]3(C)C(CC=O)O2. The fourth-order valence-corrected chi connectivity index (χ4v) is 4.10. The molecule has 0 amide bonds. The molecule has 3 nitrogen and oxygen atoms in total. The van der Waals surface area contributed by atoms with Gasteiger partial charge in [0, 0.05) is 17.4 Å². The molecule has 3 rings (SSSR count). The quantitative estimate of drug-likeness (QED) is 0.340. The lowest BCUT2D eigenvalue weighted by molar-refractivity contribution is -0.109. The molecule has 0 saturated heterocycles. The minimum atomic E-state index is -0.138. The highest BCUT2D eigenvalue weighted by molar-refractivity contribution is 14.1. The Morgan fingerprint density at radius 3 is 3.10 bits per heavy atom. The van der Waals surface area contributed by atoms with Crippen LogP contribution in [0.3, 0.4) is 0 Å². The van der Waals surface area contributed by atoms with Crippen molar-refractivity contribution in [1.29, 1.82) is 0 Å². The summed E-state index contributed by atoms with van der Waals surface area (Å²) in [4.78, 5) is 11.0. The summed E-state index contributed by atoms with van der Waals surface area (Å²) in [6.45, 7) is 2.20. The topological polar surface area (TPSA) is 35.5 Å². The zero-order valence-corrected chi connectivity index (χ0v) is 14.3. The molecule has 1 aromatic carbocycles. The summed E-state index contributed by atoms with van der Waals surface area (Å²) >= 11 is 2.16. The first-order valence-corrected chi connectivity index (χ1v) is 8.89. The van der Waals surface area contributed by atoms with Gasteiger partial charge in [0.05, 0.1) is 0 Å². The van der Waals surface area contributed by atoms with Crippen LogP contribution in [0.1, 0.15) is 43.7 Å². The summed E-state index contributed by atoms with van der Waals surface area (Å²) in [5, 5.41) is 0. The first-order valence-electron chi connectivity index (χ1n) is 7.36. The lowest BCUT2D eigenvalue weighted by atomic mass is 9.72. The molecule has 0 aromatic heterocycles. The Bertz CT molecular complexity index is 575. The standard InChI is InChI=1S/C16H18BIO3/c1-16-6-3-2-4-10-11(17)8-12(20-9-18)15(14(10)16)21-13(16)5-7-19/h7-8,13H,2-6,9H2,1H3/t13?,16-/m0/s1. The largest absolute Gasteiger partial charge is 0.485 e. The third-order valence-electron chi connectivity index (χ3n) is 4.82. The smallest absolute Gasteiger partial charge is 0.165 e. The van der Waals surface area contributed by atoms with E-state index in [9.17, 15) is 4.79 Å². The van der Waals surface area contributed by atoms with Crippen LogP contribution < -0.4 is 14.9 Å². The van der Waals surface area contributed by atoms with Gasteiger partial charge in [-0.3, -0.25) is 0 Å². The van der Waals surface area contributed by atoms with Gasteiger partial charge in [-0.2, -0.15) is 0 Å². The second kappa shape index (κ2) is 5.82. The average molecular weight is 396 g/mol. The summed E-state index contributed by atoms with van der Waals surface area (Å²) < 4.78 is 12.4. The lowest BCUT2D eigenvalue weighted by Crippen LogP contribution is -2.36. The molecule has 110 valence electrons. The third kappa shape index (κ3) is 2.37. The summed E-state index contributed by atoms with van der Waals surface area (Å²) in [6.07, 6.45) is 5.52. The van der Waals surface area contributed by atoms with Crippen LogP contribution in [0.2, 0.25) is 0 Å². The Labute approximate surface area is 140 Å². The van der Waals surface area contributed by atoms with E-state index in [1.54, 1.807) is 0 Å². The number of rotatable bonds is 4. The van der Waals surface area contributed by atoms with Crippen molar-refractivity contribution in [2.45, 2.75) is 50.5 Å². The molecule has 1 aliphatic heterocycles. The highest BCUT2D eigenvalue weighted by Gasteiger charge is 2.48. The molecule has 5 heteroatoms. The summed E-state index contributed by atoms with van der Waals surface area (Å²) in [7, 11) is 6.27. The molecule has 0 saturated carbocycles. The second-order valence-electron chi connectivity index (χ2n) is 6.03. The van der Waals surface area contributed by atoms with E-state index in [0.29, 0.717) is 16.8 Å². The molecule has 0 bridgehead atoms. The van der Waals surface area contributed by atoms with Crippen molar-refractivity contribution in [3.63, 3.8) is 0 Å². The first-order chi connectivity index (χ1) is 10.1. The van der Waals surface area contributed by atoms with Gasteiger partial charge in [0.1, 0.15) is 24.9 Å². The highest BCUT2D eigenvalue weighted by Crippen LogP contribution is 2.53. The number of carbonyl (C=O) groups excluding carboxylic acids is 1. The molecule has 2 atom stereocenters. The van der Waals surface area contributed by atoms with E-state index < -0.39 is 0 Å². The normalized spacial score (nSPS) is 26.7. The van der Waals surface area contributed by atoms with Crippen LogP contribution in [-0.4, -0.2) is 24.9 Å².